The lowest BCUT2D eigenvalue weighted by Gasteiger charge is -2.12. The number of aromatic hydroxyl groups is 1. The zero-order valence-corrected chi connectivity index (χ0v) is 16.1. The summed E-state index contributed by atoms with van der Waals surface area (Å²) in [5.41, 5.74) is 0.759. The molecule has 146 valence electrons. The molecule has 0 saturated heterocycles. The maximum atomic E-state index is 14.8. The molecular formula is C20H17ClF2N2O3. The van der Waals surface area contributed by atoms with Gasteiger partial charge in [0, 0.05) is 23.7 Å². The standard InChI is InChI=1S/C20H17ClF2N2O3/c1-9(19(27)24-3)16-10(2)25(14-6-7-15(26)18(23)17(14)16)20(28)11-4-5-12(21)13(22)8-11/h4-9,26H,1-3H3,(H,24,27)/t9-/m0/s1. The third-order valence-corrected chi connectivity index (χ3v) is 5.08. The first-order valence-electron chi connectivity index (χ1n) is 8.42. The topological polar surface area (TPSA) is 71.3 Å². The smallest absolute Gasteiger partial charge is 0.262 e. The largest absolute Gasteiger partial charge is 0.505 e. The van der Waals surface area contributed by atoms with Gasteiger partial charge in [-0.05, 0) is 49.7 Å². The molecule has 1 aromatic heterocycles. The van der Waals surface area contributed by atoms with Gasteiger partial charge in [0.15, 0.2) is 11.6 Å². The molecule has 0 spiro atoms. The quantitative estimate of drug-likeness (QED) is 0.687. The van der Waals surface area contributed by atoms with Gasteiger partial charge in [-0.3, -0.25) is 14.2 Å². The first kappa shape index (κ1) is 19.8. The second-order valence-corrected chi connectivity index (χ2v) is 6.80. The number of hydrogen-bond donors (Lipinski definition) is 2. The van der Waals surface area contributed by atoms with E-state index in [1.54, 1.807) is 13.8 Å². The number of hydrogen-bond acceptors (Lipinski definition) is 3. The second-order valence-electron chi connectivity index (χ2n) is 6.40. The van der Waals surface area contributed by atoms with Crippen LogP contribution < -0.4 is 5.32 Å². The van der Waals surface area contributed by atoms with Crippen molar-refractivity contribution in [1.29, 1.82) is 0 Å². The normalized spacial score (nSPS) is 12.2. The highest BCUT2D eigenvalue weighted by Crippen LogP contribution is 2.37. The van der Waals surface area contributed by atoms with Crippen molar-refractivity contribution in [2.75, 3.05) is 7.05 Å². The van der Waals surface area contributed by atoms with E-state index in [4.69, 9.17) is 11.6 Å². The van der Waals surface area contributed by atoms with Crippen LogP contribution >= 0.6 is 11.6 Å². The van der Waals surface area contributed by atoms with Crippen molar-refractivity contribution in [3.8, 4) is 5.75 Å². The fourth-order valence-corrected chi connectivity index (χ4v) is 3.49. The molecule has 3 rings (SSSR count). The lowest BCUT2D eigenvalue weighted by molar-refractivity contribution is -0.121. The number of fused-ring (bicyclic) bond motifs is 1. The molecule has 0 aliphatic carbocycles. The maximum absolute atomic E-state index is 14.8. The Morgan fingerprint density at radius 2 is 1.89 bits per heavy atom. The molecule has 8 heteroatoms. The summed E-state index contributed by atoms with van der Waals surface area (Å²) in [5, 5.41) is 12.1. The number of aromatic nitrogens is 1. The van der Waals surface area contributed by atoms with E-state index in [0.717, 1.165) is 12.1 Å². The molecule has 1 atom stereocenters. The number of carbonyl (C=O) groups is 2. The summed E-state index contributed by atoms with van der Waals surface area (Å²) in [6.45, 7) is 3.14. The fraction of sp³-hybridized carbons (Fsp3) is 0.200. The van der Waals surface area contributed by atoms with Crippen LogP contribution in [0.2, 0.25) is 5.02 Å². The summed E-state index contributed by atoms with van der Waals surface area (Å²) in [5.74, 6) is -4.07. The van der Waals surface area contributed by atoms with Crippen molar-refractivity contribution in [1.82, 2.24) is 9.88 Å². The zero-order chi connectivity index (χ0) is 20.7. The predicted molar refractivity (Wildman–Crippen MR) is 102 cm³/mol. The van der Waals surface area contributed by atoms with Crippen LogP contribution in [0.25, 0.3) is 10.9 Å². The Bertz CT molecular complexity index is 1120. The van der Waals surface area contributed by atoms with Crippen LogP contribution in [0, 0.1) is 18.6 Å². The first-order valence-corrected chi connectivity index (χ1v) is 8.80. The highest BCUT2D eigenvalue weighted by molar-refractivity contribution is 6.30. The Balaban J connectivity index is 2.33. The van der Waals surface area contributed by atoms with Gasteiger partial charge < -0.3 is 10.4 Å². The molecule has 0 saturated carbocycles. The number of benzene rings is 2. The fourth-order valence-electron chi connectivity index (χ4n) is 3.38. The molecule has 0 unspecified atom stereocenters. The van der Waals surface area contributed by atoms with E-state index >= 15 is 0 Å². The van der Waals surface area contributed by atoms with Crippen molar-refractivity contribution in [3.63, 3.8) is 0 Å². The second kappa shape index (κ2) is 7.24. The molecule has 0 aliphatic heterocycles. The van der Waals surface area contributed by atoms with Crippen molar-refractivity contribution in [2.24, 2.45) is 0 Å². The van der Waals surface area contributed by atoms with Gasteiger partial charge in [-0.15, -0.1) is 0 Å². The van der Waals surface area contributed by atoms with Crippen LogP contribution in [0.15, 0.2) is 30.3 Å². The number of nitrogens with one attached hydrogen (secondary N) is 1. The molecule has 1 amide bonds. The third kappa shape index (κ3) is 3.01. The van der Waals surface area contributed by atoms with Gasteiger partial charge in [-0.2, -0.15) is 0 Å². The predicted octanol–water partition coefficient (Wildman–Crippen LogP) is 4.12. The van der Waals surface area contributed by atoms with Gasteiger partial charge in [-0.25, -0.2) is 8.78 Å². The van der Waals surface area contributed by atoms with Crippen molar-refractivity contribution < 1.29 is 23.5 Å². The molecule has 0 aliphatic rings. The third-order valence-electron chi connectivity index (χ3n) is 4.78. The van der Waals surface area contributed by atoms with E-state index in [1.807, 2.05) is 0 Å². The van der Waals surface area contributed by atoms with E-state index in [2.05, 4.69) is 5.32 Å². The summed E-state index contributed by atoms with van der Waals surface area (Å²) in [6.07, 6.45) is 0. The van der Waals surface area contributed by atoms with Gasteiger partial charge in [0.2, 0.25) is 5.91 Å². The number of phenolic OH excluding ortho intramolecular Hbond substituents is 1. The van der Waals surface area contributed by atoms with Crippen LogP contribution in [-0.4, -0.2) is 28.5 Å². The Morgan fingerprint density at radius 3 is 2.50 bits per heavy atom. The Morgan fingerprint density at radius 1 is 1.21 bits per heavy atom. The SMILES string of the molecule is CNC(=O)[C@@H](C)c1c(C)n(C(=O)c2ccc(Cl)c(F)c2)c2ccc(O)c(F)c12. The Kier molecular flexibility index (Phi) is 5.12. The monoisotopic (exact) mass is 406 g/mol. The first-order chi connectivity index (χ1) is 13.2. The van der Waals surface area contributed by atoms with E-state index in [9.17, 15) is 23.5 Å². The molecule has 0 radical (unpaired) electrons. The Hall–Kier alpha value is -2.93. The lowest BCUT2D eigenvalue weighted by atomic mass is 9.96. The molecule has 0 bridgehead atoms. The van der Waals surface area contributed by atoms with Crippen LogP contribution in [0.3, 0.4) is 0 Å². The average molecular weight is 407 g/mol. The number of halogens is 3. The average Bonchev–Trinajstić information content (AvgIpc) is 2.97. The van der Waals surface area contributed by atoms with E-state index in [1.165, 1.54) is 29.8 Å². The van der Waals surface area contributed by atoms with E-state index < -0.39 is 29.2 Å². The molecule has 1 heterocycles. The highest BCUT2D eigenvalue weighted by atomic mass is 35.5. The molecule has 0 fully saturated rings. The number of nitrogens with zero attached hydrogens (tertiary/aromatic N) is 1. The summed E-state index contributed by atoms with van der Waals surface area (Å²) in [4.78, 5) is 25.3. The minimum atomic E-state index is -0.930. The van der Waals surface area contributed by atoms with Gasteiger partial charge >= 0.3 is 0 Å². The summed E-state index contributed by atoms with van der Waals surface area (Å²) in [7, 11) is 1.45. The molecule has 2 aromatic carbocycles. The minimum Gasteiger partial charge on any atom is -0.505 e. The number of phenols is 1. The maximum Gasteiger partial charge on any atom is 0.262 e. The van der Waals surface area contributed by atoms with Gasteiger partial charge in [0.25, 0.3) is 5.91 Å². The summed E-state index contributed by atoms with van der Waals surface area (Å²) < 4.78 is 29.8. The van der Waals surface area contributed by atoms with E-state index in [0.29, 0.717) is 5.69 Å². The lowest BCUT2D eigenvalue weighted by Crippen LogP contribution is -2.24. The molecule has 5 nitrogen and oxygen atoms in total. The van der Waals surface area contributed by atoms with Gasteiger partial charge in [-0.1, -0.05) is 11.6 Å². The Labute approximate surface area is 164 Å². The highest BCUT2D eigenvalue weighted by Gasteiger charge is 2.29. The summed E-state index contributed by atoms with van der Waals surface area (Å²) >= 11 is 5.68. The molecular weight excluding hydrogens is 390 g/mol. The van der Waals surface area contributed by atoms with Crippen LogP contribution in [0.5, 0.6) is 5.75 Å². The molecule has 28 heavy (non-hydrogen) atoms. The van der Waals surface area contributed by atoms with Crippen molar-refractivity contribution in [3.05, 3.63) is 63.8 Å². The number of amides is 1. The van der Waals surface area contributed by atoms with Crippen LogP contribution in [0.4, 0.5) is 8.78 Å². The van der Waals surface area contributed by atoms with Crippen molar-refractivity contribution >= 4 is 34.3 Å². The number of carbonyl (C=O) groups excluding carboxylic acids is 2. The molecule has 3 aromatic rings. The van der Waals surface area contributed by atoms with Gasteiger partial charge in [0.1, 0.15) is 5.82 Å². The summed E-state index contributed by atoms with van der Waals surface area (Å²) in [6, 6.07) is 6.11. The minimum absolute atomic E-state index is 0.00882. The van der Waals surface area contributed by atoms with Crippen LogP contribution in [-0.2, 0) is 4.79 Å². The number of rotatable bonds is 3. The zero-order valence-electron chi connectivity index (χ0n) is 15.3. The molecule has 2 N–H and O–H groups in total. The van der Waals surface area contributed by atoms with E-state index in [-0.39, 0.29) is 33.0 Å². The van der Waals surface area contributed by atoms with Gasteiger partial charge in [0.05, 0.1) is 16.5 Å². The van der Waals surface area contributed by atoms with Crippen molar-refractivity contribution in [2.45, 2.75) is 19.8 Å². The van der Waals surface area contributed by atoms with Crippen LogP contribution in [0.1, 0.15) is 34.5 Å². The number of likely N-dealkylation sites (N-methyl/N-ethyl adjacent to an activating group) is 1.